The number of phenols is 4. The molecule has 4 aromatic carbocycles. The maximum atomic E-state index is 10.1. The maximum absolute atomic E-state index is 10.1. The Hall–Kier alpha value is -3.92. The summed E-state index contributed by atoms with van der Waals surface area (Å²) in [6.45, 7) is 0. The molecule has 1 aliphatic rings. The minimum atomic E-state index is 0.125. The van der Waals surface area contributed by atoms with Gasteiger partial charge in [-0.1, -0.05) is 24.3 Å². The standard InChI is InChI=1S/C24H16O4/c25-13-1-5-17-18-6-2-14(26)10-22(18)24-12-16(28)4-8-20(24)19-7-3-15(27)11-23(19)21(17)9-13/h1-12,25-28H/b18-17-,20-19-,23-21-,24-22-. The third-order valence-electron chi connectivity index (χ3n) is 5.17. The van der Waals surface area contributed by atoms with Crippen LogP contribution < -0.4 is 0 Å². The van der Waals surface area contributed by atoms with Crippen LogP contribution in [-0.4, -0.2) is 20.4 Å². The molecule has 4 aromatic rings. The van der Waals surface area contributed by atoms with E-state index in [9.17, 15) is 20.4 Å². The van der Waals surface area contributed by atoms with Crippen LogP contribution in [0.1, 0.15) is 0 Å². The molecule has 28 heavy (non-hydrogen) atoms. The summed E-state index contributed by atoms with van der Waals surface area (Å²) in [5.74, 6) is 0.500. The Labute approximate surface area is 158 Å². The van der Waals surface area contributed by atoms with Gasteiger partial charge in [0.05, 0.1) is 0 Å². The Bertz CT molecular complexity index is 1410. The van der Waals surface area contributed by atoms with Crippen molar-refractivity contribution in [1.29, 1.82) is 0 Å². The Morgan fingerprint density at radius 2 is 0.500 bits per heavy atom. The number of hydrogen-bond acceptors (Lipinski definition) is 4. The molecule has 0 atom stereocenters. The van der Waals surface area contributed by atoms with E-state index >= 15 is 0 Å². The average Bonchev–Trinajstić information content (AvgIpc) is 2.67. The lowest BCUT2D eigenvalue weighted by Crippen LogP contribution is -1.90. The summed E-state index contributed by atoms with van der Waals surface area (Å²) in [5.41, 5.74) is 0. The summed E-state index contributed by atoms with van der Waals surface area (Å²) in [5, 5.41) is 47.1. The highest BCUT2D eigenvalue weighted by atomic mass is 16.3. The van der Waals surface area contributed by atoms with Gasteiger partial charge in [0, 0.05) is 0 Å². The van der Waals surface area contributed by atoms with Crippen molar-refractivity contribution >= 4 is 0 Å². The first-order valence-electron chi connectivity index (χ1n) is 8.85. The Morgan fingerprint density at radius 3 is 0.714 bits per heavy atom. The van der Waals surface area contributed by atoms with Crippen molar-refractivity contribution in [2.75, 3.05) is 0 Å². The molecule has 0 radical (unpaired) electrons. The molecule has 0 unspecified atom stereocenters. The number of hydrogen-bond donors (Lipinski definition) is 4. The summed E-state index contributed by atoms with van der Waals surface area (Å²) < 4.78 is 0. The quantitative estimate of drug-likeness (QED) is 0.333. The van der Waals surface area contributed by atoms with Gasteiger partial charge in [0.25, 0.3) is 0 Å². The summed E-state index contributed by atoms with van der Waals surface area (Å²) in [4.78, 5) is 0. The number of rotatable bonds is 0. The van der Waals surface area contributed by atoms with Gasteiger partial charge in [0.1, 0.15) is 23.0 Å². The first-order valence-corrected chi connectivity index (χ1v) is 8.85. The highest BCUT2D eigenvalue weighted by Crippen LogP contribution is 2.21. The van der Waals surface area contributed by atoms with Crippen LogP contribution in [0.4, 0.5) is 0 Å². The van der Waals surface area contributed by atoms with Crippen molar-refractivity contribution in [2.24, 2.45) is 0 Å². The van der Waals surface area contributed by atoms with E-state index < -0.39 is 0 Å². The van der Waals surface area contributed by atoms with Crippen molar-refractivity contribution in [2.45, 2.75) is 0 Å². The summed E-state index contributed by atoms with van der Waals surface area (Å²) in [7, 11) is 0. The largest absolute Gasteiger partial charge is 0.508 e. The van der Waals surface area contributed by atoms with E-state index in [0.717, 1.165) is 41.7 Å². The second-order valence-electron chi connectivity index (χ2n) is 6.92. The van der Waals surface area contributed by atoms with Gasteiger partial charge < -0.3 is 20.4 Å². The second kappa shape index (κ2) is 5.79. The lowest BCUT2D eigenvalue weighted by molar-refractivity contribution is 0.472. The van der Waals surface area contributed by atoms with Crippen molar-refractivity contribution in [1.82, 2.24) is 0 Å². The molecule has 0 aromatic heterocycles. The van der Waals surface area contributed by atoms with Gasteiger partial charge in [-0.25, -0.2) is 0 Å². The van der Waals surface area contributed by atoms with Crippen LogP contribution in [-0.2, 0) is 0 Å². The predicted octanol–water partition coefficient (Wildman–Crippen LogP) is 3.97. The summed E-state index contributed by atoms with van der Waals surface area (Å²) >= 11 is 0. The second-order valence-corrected chi connectivity index (χ2v) is 6.92. The highest BCUT2D eigenvalue weighted by molar-refractivity contribution is 5.38. The van der Waals surface area contributed by atoms with E-state index in [-0.39, 0.29) is 23.0 Å². The van der Waals surface area contributed by atoms with Crippen LogP contribution in [0.15, 0.2) is 72.8 Å². The van der Waals surface area contributed by atoms with Gasteiger partial charge in [-0.05, 0) is 90.3 Å². The number of fused-ring (bicyclic) bond motifs is 4. The molecule has 0 saturated carbocycles. The van der Waals surface area contributed by atoms with Crippen LogP contribution in [0.2, 0.25) is 0 Å². The molecule has 0 fully saturated rings. The fourth-order valence-corrected chi connectivity index (χ4v) is 3.96. The normalized spacial score (nSPS) is 16.6. The van der Waals surface area contributed by atoms with Gasteiger partial charge in [-0.2, -0.15) is 0 Å². The number of benzene rings is 4. The molecule has 0 amide bonds. The van der Waals surface area contributed by atoms with E-state index in [0.29, 0.717) is 0 Å². The zero-order chi connectivity index (χ0) is 19.4. The highest BCUT2D eigenvalue weighted by Gasteiger charge is 2.04. The third-order valence-corrected chi connectivity index (χ3v) is 5.17. The Kier molecular flexibility index (Phi) is 3.36. The van der Waals surface area contributed by atoms with Crippen LogP contribution in [0.25, 0.3) is 0 Å². The van der Waals surface area contributed by atoms with Gasteiger partial charge in [-0.15, -0.1) is 0 Å². The third kappa shape index (κ3) is 2.39. The van der Waals surface area contributed by atoms with Crippen molar-refractivity contribution in [3.05, 3.63) is 115 Å². The van der Waals surface area contributed by atoms with E-state index in [2.05, 4.69) is 0 Å². The first-order chi connectivity index (χ1) is 13.5. The smallest absolute Gasteiger partial charge is 0.116 e. The predicted molar refractivity (Wildman–Crippen MR) is 103 cm³/mol. The molecular formula is C24H16O4. The van der Waals surface area contributed by atoms with Crippen LogP contribution in [0.3, 0.4) is 0 Å². The molecule has 1 aliphatic carbocycles. The molecular weight excluding hydrogens is 352 g/mol. The number of aromatic hydroxyl groups is 4. The minimum absolute atomic E-state index is 0.125. The van der Waals surface area contributed by atoms with Gasteiger partial charge >= 0.3 is 0 Å². The molecule has 0 saturated heterocycles. The average molecular weight is 368 g/mol. The molecule has 4 nitrogen and oxygen atoms in total. The summed E-state index contributed by atoms with van der Waals surface area (Å²) in [6, 6.07) is 20.4. The fraction of sp³-hybridized carbons (Fsp3) is 0. The van der Waals surface area contributed by atoms with E-state index in [1.165, 1.54) is 0 Å². The van der Waals surface area contributed by atoms with E-state index in [4.69, 9.17) is 0 Å². The maximum Gasteiger partial charge on any atom is 0.116 e. The van der Waals surface area contributed by atoms with E-state index in [1.807, 2.05) is 24.3 Å². The lowest BCUT2D eigenvalue weighted by atomic mass is 10.0. The van der Waals surface area contributed by atoms with Crippen LogP contribution >= 0.6 is 0 Å². The molecule has 4 N–H and O–H groups in total. The Morgan fingerprint density at radius 1 is 0.286 bits per heavy atom. The SMILES string of the molecule is Oc1ccc2/c(c1)=c1/cc(O)cc/c1=c1\ccc(O)c\c1=c1/cc(O)cc/c1=2. The summed E-state index contributed by atoms with van der Waals surface area (Å²) in [6.07, 6.45) is 0. The van der Waals surface area contributed by atoms with Gasteiger partial charge in [0.2, 0.25) is 0 Å². The zero-order valence-electron chi connectivity index (χ0n) is 14.7. The molecule has 0 aliphatic heterocycles. The fourth-order valence-electron chi connectivity index (χ4n) is 3.96. The zero-order valence-corrected chi connectivity index (χ0v) is 14.7. The molecule has 0 bridgehead atoms. The van der Waals surface area contributed by atoms with Crippen molar-refractivity contribution in [3.8, 4) is 23.0 Å². The molecule has 0 spiro atoms. The van der Waals surface area contributed by atoms with Gasteiger partial charge in [-0.3, -0.25) is 0 Å². The number of phenolic OH excluding ortho intramolecular Hbond substituents is 4. The van der Waals surface area contributed by atoms with Gasteiger partial charge in [0.15, 0.2) is 0 Å². The van der Waals surface area contributed by atoms with Crippen LogP contribution in [0.5, 0.6) is 23.0 Å². The lowest BCUT2D eigenvalue weighted by Gasteiger charge is -2.04. The molecule has 5 rings (SSSR count). The Balaban J connectivity index is 2.42. The van der Waals surface area contributed by atoms with Crippen molar-refractivity contribution in [3.63, 3.8) is 0 Å². The van der Waals surface area contributed by atoms with E-state index in [1.54, 1.807) is 48.5 Å². The monoisotopic (exact) mass is 368 g/mol. The molecule has 136 valence electrons. The van der Waals surface area contributed by atoms with Crippen LogP contribution in [0, 0.1) is 41.7 Å². The minimum Gasteiger partial charge on any atom is -0.508 e. The molecule has 0 heterocycles. The first kappa shape index (κ1) is 16.3. The molecule has 4 heteroatoms. The van der Waals surface area contributed by atoms with Crippen molar-refractivity contribution < 1.29 is 20.4 Å². The topological polar surface area (TPSA) is 80.9 Å².